The highest BCUT2D eigenvalue weighted by Gasteiger charge is 2.30. The fourth-order valence-electron chi connectivity index (χ4n) is 2.50. The monoisotopic (exact) mass is 308 g/mol. The molecule has 0 fully saturated rings. The predicted molar refractivity (Wildman–Crippen MR) is 84.4 cm³/mol. The maximum absolute atomic E-state index is 12.0. The second-order valence-electron chi connectivity index (χ2n) is 5.17. The molecule has 0 saturated carbocycles. The van der Waals surface area contributed by atoms with Gasteiger partial charge in [0, 0.05) is 29.9 Å². The van der Waals surface area contributed by atoms with E-state index < -0.39 is 23.6 Å². The quantitative estimate of drug-likeness (QED) is 0.795. The Morgan fingerprint density at radius 3 is 1.78 bits per heavy atom. The Labute approximate surface area is 132 Å². The van der Waals surface area contributed by atoms with E-state index in [1.165, 1.54) is 30.4 Å². The van der Waals surface area contributed by atoms with Crippen LogP contribution < -0.4 is 9.80 Å². The van der Waals surface area contributed by atoms with E-state index >= 15 is 0 Å². The van der Waals surface area contributed by atoms with Gasteiger partial charge in [-0.05, 0) is 24.6 Å². The van der Waals surface area contributed by atoms with Crippen molar-refractivity contribution in [3.8, 4) is 0 Å². The first-order valence-corrected chi connectivity index (χ1v) is 6.82. The van der Waals surface area contributed by atoms with Gasteiger partial charge in [-0.1, -0.05) is 12.6 Å². The second kappa shape index (κ2) is 5.17. The van der Waals surface area contributed by atoms with Gasteiger partial charge in [0.15, 0.2) is 0 Å². The SMILES string of the molecule is C=C(C)c1ccc(N2C(=O)C=CC2=O)cc1N1C(=O)C=CC1=O. The van der Waals surface area contributed by atoms with Crippen LogP contribution in [0.2, 0.25) is 0 Å². The number of hydrogen-bond donors (Lipinski definition) is 0. The standard InChI is InChI=1S/C17H12N2O4/c1-10(2)12-4-3-11(18-14(20)5-6-15(18)21)9-13(12)19-16(22)7-8-17(19)23/h3-9H,1H2,2H3. The lowest BCUT2D eigenvalue weighted by Crippen LogP contribution is -2.32. The highest BCUT2D eigenvalue weighted by Crippen LogP contribution is 2.33. The van der Waals surface area contributed by atoms with Crippen molar-refractivity contribution < 1.29 is 19.2 Å². The highest BCUT2D eigenvalue weighted by atomic mass is 16.2. The molecule has 0 radical (unpaired) electrons. The van der Waals surface area contributed by atoms with Crippen LogP contribution in [-0.2, 0) is 19.2 Å². The molecule has 6 heteroatoms. The molecule has 1 aromatic rings. The molecular formula is C17H12N2O4. The van der Waals surface area contributed by atoms with Crippen LogP contribution in [0.3, 0.4) is 0 Å². The van der Waals surface area contributed by atoms with Crippen LogP contribution in [0.25, 0.3) is 5.57 Å². The molecule has 0 unspecified atom stereocenters. The van der Waals surface area contributed by atoms with Crippen molar-refractivity contribution in [1.82, 2.24) is 0 Å². The lowest BCUT2D eigenvalue weighted by molar-refractivity contribution is -0.121. The Bertz CT molecular complexity index is 812. The van der Waals surface area contributed by atoms with Gasteiger partial charge in [-0.2, -0.15) is 0 Å². The summed E-state index contributed by atoms with van der Waals surface area (Å²) in [5.74, 6) is -1.90. The van der Waals surface area contributed by atoms with Gasteiger partial charge < -0.3 is 0 Å². The molecule has 0 saturated heterocycles. The number of hydrogen-bond acceptors (Lipinski definition) is 4. The second-order valence-corrected chi connectivity index (χ2v) is 5.17. The van der Waals surface area contributed by atoms with E-state index in [0.29, 0.717) is 16.8 Å². The van der Waals surface area contributed by atoms with Gasteiger partial charge in [-0.3, -0.25) is 19.2 Å². The minimum absolute atomic E-state index is 0.289. The molecule has 2 aliphatic heterocycles. The van der Waals surface area contributed by atoms with Crippen molar-refractivity contribution in [2.45, 2.75) is 6.92 Å². The van der Waals surface area contributed by atoms with Crippen molar-refractivity contribution in [2.75, 3.05) is 9.80 Å². The lowest BCUT2D eigenvalue weighted by atomic mass is 10.0. The third-order valence-corrected chi connectivity index (χ3v) is 3.56. The van der Waals surface area contributed by atoms with Crippen LogP contribution in [0.5, 0.6) is 0 Å². The predicted octanol–water partition coefficient (Wildman–Crippen LogP) is 1.58. The van der Waals surface area contributed by atoms with Gasteiger partial charge in [-0.25, -0.2) is 9.80 Å². The first kappa shape index (κ1) is 14.6. The largest absolute Gasteiger partial charge is 0.269 e. The summed E-state index contributed by atoms with van der Waals surface area (Å²) in [5, 5.41) is 0. The van der Waals surface area contributed by atoms with Crippen LogP contribution in [-0.4, -0.2) is 23.6 Å². The van der Waals surface area contributed by atoms with E-state index in [9.17, 15) is 19.2 Å². The number of benzene rings is 1. The van der Waals surface area contributed by atoms with E-state index in [2.05, 4.69) is 6.58 Å². The number of imide groups is 2. The van der Waals surface area contributed by atoms with Gasteiger partial charge >= 0.3 is 0 Å². The third kappa shape index (κ3) is 2.30. The lowest BCUT2D eigenvalue weighted by Gasteiger charge is -2.22. The number of nitrogens with zero attached hydrogens (tertiary/aromatic N) is 2. The average molecular weight is 308 g/mol. The highest BCUT2D eigenvalue weighted by molar-refractivity contribution is 6.30. The molecule has 0 atom stereocenters. The van der Waals surface area contributed by atoms with Crippen LogP contribution in [0.15, 0.2) is 49.1 Å². The Morgan fingerprint density at radius 2 is 1.30 bits per heavy atom. The Morgan fingerprint density at radius 1 is 0.826 bits per heavy atom. The van der Waals surface area contributed by atoms with Gasteiger partial charge in [0.25, 0.3) is 23.6 Å². The van der Waals surface area contributed by atoms with Crippen LogP contribution >= 0.6 is 0 Å². The van der Waals surface area contributed by atoms with Crippen LogP contribution in [0.1, 0.15) is 12.5 Å². The molecule has 114 valence electrons. The van der Waals surface area contributed by atoms with Gasteiger partial charge in [0.2, 0.25) is 0 Å². The first-order valence-electron chi connectivity index (χ1n) is 6.82. The zero-order valence-corrected chi connectivity index (χ0v) is 12.3. The molecule has 0 bridgehead atoms. The van der Waals surface area contributed by atoms with E-state index in [4.69, 9.17) is 0 Å². The molecule has 4 amide bonds. The summed E-state index contributed by atoms with van der Waals surface area (Å²) in [6.45, 7) is 5.58. The molecule has 0 N–H and O–H groups in total. The number of anilines is 2. The molecule has 1 aromatic carbocycles. The summed E-state index contributed by atoms with van der Waals surface area (Å²) < 4.78 is 0. The minimum atomic E-state index is -0.480. The minimum Gasteiger partial charge on any atom is -0.269 e. The van der Waals surface area contributed by atoms with Crippen molar-refractivity contribution in [1.29, 1.82) is 0 Å². The number of rotatable bonds is 3. The summed E-state index contributed by atoms with van der Waals surface area (Å²) in [5.41, 5.74) is 1.82. The molecule has 0 spiro atoms. The molecule has 2 heterocycles. The van der Waals surface area contributed by atoms with E-state index in [0.717, 1.165) is 9.80 Å². The van der Waals surface area contributed by atoms with E-state index in [1.54, 1.807) is 19.1 Å². The fourth-order valence-corrected chi connectivity index (χ4v) is 2.50. The van der Waals surface area contributed by atoms with Crippen LogP contribution in [0, 0.1) is 0 Å². The zero-order chi connectivity index (χ0) is 16.7. The first-order chi connectivity index (χ1) is 10.9. The average Bonchev–Trinajstić information content (AvgIpc) is 3.00. The van der Waals surface area contributed by atoms with Crippen molar-refractivity contribution in [3.05, 3.63) is 54.6 Å². The summed E-state index contributed by atoms with van der Waals surface area (Å²) in [6.07, 6.45) is 4.68. The smallest absolute Gasteiger partial charge is 0.258 e. The zero-order valence-electron chi connectivity index (χ0n) is 12.3. The van der Waals surface area contributed by atoms with Crippen LogP contribution in [0.4, 0.5) is 11.4 Å². The fraction of sp³-hybridized carbons (Fsp3) is 0.0588. The molecule has 3 rings (SSSR count). The number of amides is 4. The summed E-state index contributed by atoms with van der Waals surface area (Å²) in [7, 11) is 0. The van der Waals surface area contributed by atoms with Crippen molar-refractivity contribution in [3.63, 3.8) is 0 Å². The number of allylic oxidation sites excluding steroid dienone is 1. The molecule has 0 aromatic heterocycles. The third-order valence-electron chi connectivity index (χ3n) is 3.56. The Kier molecular flexibility index (Phi) is 3.29. The van der Waals surface area contributed by atoms with E-state index in [1.807, 2.05) is 0 Å². The van der Waals surface area contributed by atoms with Crippen molar-refractivity contribution in [2.24, 2.45) is 0 Å². The van der Waals surface area contributed by atoms with Gasteiger partial charge in [-0.15, -0.1) is 0 Å². The maximum atomic E-state index is 12.0. The van der Waals surface area contributed by atoms with Crippen molar-refractivity contribution >= 4 is 40.6 Å². The summed E-state index contributed by atoms with van der Waals surface area (Å²) in [6, 6.07) is 4.68. The topological polar surface area (TPSA) is 74.8 Å². The maximum Gasteiger partial charge on any atom is 0.258 e. The molecular weight excluding hydrogens is 296 g/mol. The van der Waals surface area contributed by atoms with Gasteiger partial charge in [0.1, 0.15) is 0 Å². The summed E-state index contributed by atoms with van der Waals surface area (Å²) >= 11 is 0. The molecule has 0 aliphatic carbocycles. The molecule has 23 heavy (non-hydrogen) atoms. The Balaban J connectivity index is 2.13. The number of carbonyl (C=O) groups is 4. The molecule has 2 aliphatic rings. The molecule has 6 nitrogen and oxygen atoms in total. The van der Waals surface area contributed by atoms with Gasteiger partial charge in [0.05, 0.1) is 11.4 Å². The Hall–Kier alpha value is -3.28. The van der Waals surface area contributed by atoms with E-state index in [-0.39, 0.29) is 5.69 Å². The normalized spacial score (nSPS) is 16.9. The number of carbonyl (C=O) groups excluding carboxylic acids is 4. The summed E-state index contributed by atoms with van der Waals surface area (Å²) in [4.78, 5) is 49.5.